The number of pyridine rings is 1. The second-order valence-corrected chi connectivity index (χ2v) is 8.15. The number of aromatic nitrogens is 6. The van der Waals surface area contributed by atoms with Gasteiger partial charge in [0.2, 0.25) is 5.89 Å². The van der Waals surface area contributed by atoms with Gasteiger partial charge in [-0.05, 0) is 51.7 Å². The van der Waals surface area contributed by atoms with E-state index >= 15 is 0 Å². The molecular weight excluding hydrogens is 428 g/mol. The molecule has 1 N–H and O–H groups in total. The highest BCUT2D eigenvalue weighted by Gasteiger charge is 2.28. The van der Waals surface area contributed by atoms with Crippen molar-refractivity contribution in [1.82, 2.24) is 30.1 Å². The maximum atomic E-state index is 11.3. The van der Waals surface area contributed by atoms with Gasteiger partial charge in [0.1, 0.15) is 18.1 Å². The smallest absolute Gasteiger partial charge is 0.306 e. The number of ether oxygens (including phenoxy) is 2. The van der Waals surface area contributed by atoms with Crippen molar-refractivity contribution in [2.45, 2.75) is 58.7 Å². The Kier molecular flexibility index (Phi) is 6.97. The van der Waals surface area contributed by atoms with E-state index in [0.717, 1.165) is 18.5 Å². The van der Waals surface area contributed by atoms with E-state index in [9.17, 15) is 9.90 Å². The Labute approximate surface area is 191 Å². The Hall–Kier alpha value is -3.34. The van der Waals surface area contributed by atoms with E-state index in [-0.39, 0.29) is 12.0 Å². The van der Waals surface area contributed by atoms with Crippen molar-refractivity contribution in [2.75, 3.05) is 6.61 Å². The molecular formula is C22H28N6O5. The first kappa shape index (κ1) is 22.8. The number of hydrogen-bond donors (Lipinski definition) is 1. The molecule has 0 amide bonds. The average molecular weight is 457 g/mol. The summed E-state index contributed by atoms with van der Waals surface area (Å²) in [6.07, 6.45) is 3.14. The molecule has 4 rings (SSSR count). The lowest BCUT2D eigenvalue weighted by atomic mass is 9.87. The van der Waals surface area contributed by atoms with Crippen molar-refractivity contribution in [1.29, 1.82) is 0 Å². The molecule has 176 valence electrons. The van der Waals surface area contributed by atoms with Crippen LogP contribution in [0.5, 0.6) is 5.75 Å². The summed E-state index contributed by atoms with van der Waals surface area (Å²) >= 11 is 0. The minimum absolute atomic E-state index is 0.123. The summed E-state index contributed by atoms with van der Waals surface area (Å²) in [4.78, 5) is 20.4. The van der Waals surface area contributed by atoms with Crippen LogP contribution in [0.25, 0.3) is 11.4 Å². The first-order valence-corrected chi connectivity index (χ1v) is 11.1. The lowest BCUT2D eigenvalue weighted by molar-refractivity contribution is -0.143. The zero-order valence-electron chi connectivity index (χ0n) is 19.0. The summed E-state index contributed by atoms with van der Waals surface area (Å²) in [5, 5.41) is 21.7. The monoisotopic (exact) mass is 456 g/mol. The molecule has 1 fully saturated rings. The molecule has 3 aromatic rings. The van der Waals surface area contributed by atoms with Crippen LogP contribution < -0.4 is 4.74 Å². The highest BCUT2D eigenvalue weighted by Crippen LogP contribution is 2.30. The molecule has 1 saturated carbocycles. The van der Waals surface area contributed by atoms with E-state index in [1.807, 2.05) is 26.0 Å². The van der Waals surface area contributed by atoms with Crippen LogP contribution in [-0.4, -0.2) is 53.9 Å². The van der Waals surface area contributed by atoms with E-state index < -0.39 is 5.97 Å². The zero-order chi connectivity index (χ0) is 23.4. The molecule has 33 heavy (non-hydrogen) atoms. The Morgan fingerprint density at radius 1 is 1.30 bits per heavy atom. The van der Waals surface area contributed by atoms with Crippen LogP contribution in [0.1, 0.15) is 55.7 Å². The quantitative estimate of drug-likeness (QED) is 0.511. The minimum Gasteiger partial charge on any atom is -0.489 e. The summed E-state index contributed by atoms with van der Waals surface area (Å²) in [5.41, 5.74) is 2.78. The first-order valence-electron chi connectivity index (χ1n) is 11.1. The van der Waals surface area contributed by atoms with Crippen LogP contribution in [0.2, 0.25) is 0 Å². The molecule has 0 radical (unpaired) electrons. The van der Waals surface area contributed by atoms with Gasteiger partial charge in [-0.15, -0.1) is 5.10 Å². The third kappa shape index (κ3) is 5.36. The predicted molar refractivity (Wildman–Crippen MR) is 115 cm³/mol. The lowest BCUT2D eigenvalue weighted by Crippen LogP contribution is -2.29. The maximum Gasteiger partial charge on any atom is 0.306 e. The molecule has 0 aromatic carbocycles. The Morgan fingerprint density at radius 2 is 2.15 bits per heavy atom. The van der Waals surface area contributed by atoms with Crippen LogP contribution in [0.4, 0.5) is 0 Å². The molecule has 1 aliphatic carbocycles. The molecule has 11 heteroatoms. The molecule has 0 spiro atoms. The summed E-state index contributed by atoms with van der Waals surface area (Å²) < 4.78 is 18.4. The SMILES string of the molecule is CCOCc1noc(Cc2c(-c3ccc(O[C@H]4CCC[C@H](C(=O)O)C4)c(C)n3)nnn2C)n1. The first-order chi connectivity index (χ1) is 15.9. The van der Waals surface area contributed by atoms with Crippen LogP contribution >= 0.6 is 0 Å². The van der Waals surface area contributed by atoms with Crippen molar-refractivity contribution in [2.24, 2.45) is 13.0 Å². The van der Waals surface area contributed by atoms with Gasteiger partial charge in [-0.1, -0.05) is 10.4 Å². The number of nitrogens with zero attached hydrogens (tertiary/aromatic N) is 6. The topological polar surface area (TPSA) is 138 Å². The van der Waals surface area contributed by atoms with Gasteiger partial charge in [-0.25, -0.2) is 4.98 Å². The maximum absolute atomic E-state index is 11.3. The summed E-state index contributed by atoms with van der Waals surface area (Å²) in [6.45, 7) is 4.64. The number of rotatable bonds is 9. The molecule has 3 heterocycles. The fraction of sp³-hybridized carbons (Fsp3) is 0.545. The van der Waals surface area contributed by atoms with Gasteiger partial charge in [0, 0.05) is 13.7 Å². The fourth-order valence-electron chi connectivity index (χ4n) is 3.99. The van der Waals surface area contributed by atoms with Gasteiger partial charge < -0.3 is 19.1 Å². The normalized spacial score (nSPS) is 18.4. The largest absolute Gasteiger partial charge is 0.489 e. The molecule has 3 aromatic heterocycles. The highest BCUT2D eigenvalue weighted by molar-refractivity contribution is 5.70. The van der Waals surface area contributed by atoms with E-state index in [4.69, 9.17) is 14.0 Å². The Bertz CT molecular complexity index is 1110. The lowest BCUT2D eigenvalue weighted by Gasteiger charge is -2.27. The summed E-state index contributed by atoms with van der Waals surface area (Å²) in [5.74, 6) is 0.481. The third-order valence-electron chi connectivity index (χ3n) is 5.76. The van der Waals surface area contributed by atoms with Gasteiger partial charge in [0.25, 0.3) is 0 Å². The number of aryl methyl sites for hydroxylation is 2. The molecule has 0 unspecified atom stereocenters. The molecule has 11 nitrogen and oxygen atoms in total. The van der Waals surface area contributed by atoms with Crippen molar-refractivity contribution in [3.05, 3.63) is 35.2 Å². The highest BCUT2D eigenvalue weighted by atomic mass is 16.5. The van der Waals surface area contributed by atoms with E-state index in [1.165, 1.54) is 0 Å². The van der Waals surface area contributed by atoms with Crippen LogP contribution in [0.15, 0.2) is 16.7 Å². The Balaban J connectivity index is 1.49. The fourth-order valence-corrected chi connectivity index (χ4v) is 3.99. The molecule has 0 aliphatic heterocycles. The predicted octanol–water partition coefficient (Wildman–Crippen LogP) is 2.72. The minimum atomic E-state index is -0.755. The average Bonchev–Trinajstić information content (AvgIpc) is 3.41. The van der Waals surface area contributed by atoms with Crippen molar-refractivity contribution >= 4 is 5.97 Å². The summed E-state index contributed by atoms with van der Waals surface area (Å²) in [7, 11) is 1.80. The van der Waals surface area contributed by atoms with Crippen molar-refractivity contribution in [3.8, 4) is 17.1 Å². The number of carbonyl (C=O) groups is 1. The number of hydrogen-bond acceptors (Lipinski definition) is 9. The van der Waals surface area contributed by atoms with Crippen molar-refractivity contribution in [3.63, 3.8) is 0 Å². The summed E-state index contributed by atoms with van der Waals surface area (Å²) in [6, 6.07) is 3.69. The van der Waals surface area contributed by atoms with Crippen molar-refractivity contribution < 1.29 is 23.9 Å². The van der Waals surface area contributed by atoms with Gasteiger partial charge in [-0.3, -0.25) is 9.48 Å². The number of carboxylic acid groups (broad SMARTS) is 1. The van der Waals surface area contributed by atoms with Gasteiger partial charge in [-0.2, -0.15) is 4.98 Å². The second kappa shape index (κ2) is 10.1. The molecule has 2 atom stereocenters. The van der Waals surface area contributed by atoms with Crippen LogP contribution in [-0.2, 0) is 29.6 Å². The molecule has 0 bridgehead atoms. The standard InChI is InChI=1S/C22H28N6O5/c1-4-31-12-19-24-20(33-26-19)11-17-21(25-27-28(17)3)16-8-9-18(13(2)23-16)32-15-7-5-6-14(10-15)22(29)30/h8-9,14-15H,4-7,10-12H2,1-3H3,(H,29,30)/t14-,15-/m0/s1. The van der Waals surface area contributed by atoms with Gasteiger partial charge >= 0.3 is 5.97 Å². The van der Waals surface area contributed by atoms with Gasteiger partial charge in [0.15, 0.2) is 5.82 Å². The second-order valence-electron chi connectivity index (χ2n) is 8.15. The van der Waals surface area contributed by atoms with Gasteiger partial charge in [0.05, 0.1) is 35.5 Å². The zero-order valence-corrected chi connectivity index (χ0v) is 19.0. The Morgan fingerprint density at radius 3 is 2.91 bits per heavy atom. The molecule has 1 aliphatic rings. The van der Waals surface area contributed by atoms with Crippen LogP contribution in [0, 0.1) is 12.8 Å². The van der Waals surface area contributed by atoms with E-state index in [1.54, 1.807) is 11.7 Å². The van der Waals surface area contributed by atoms with Crippen LogP contribution in [0.3, 0.4) is 0 Å². The number of carboxylic acids is 1. The van der Waals surface area contributed by atoms with E-state index in [2.05, 4.69) is 25.4 Å². The number of aliphatic carboxylic acids is 1. The van der Waals surface area contributed by atoms with E-state index in [0.29, 0.717) is 67.0 Å². The molecule has 0 saturated heterocycles. The third-order valence-corrected chi connectivity index (χ3v) is 5.76.